The molecule has 90 valence electrons. The van der Waals surface area contributed by atoms with Gasteiger partial charge in [-0.2, -0.15) is 0 Å². The fraction of sp³-hybridized carbons (Fsp3) is 1.00. The maximum absolute atomic E-state index is 5.59. The van der Waals surface area contributed by atoms with E-state index in [9.17, 15) is 0 Å². The van der Waals surface area contributed by atoms with Gasteiger partial charge in [-0.1, -0.05) is 12.8 Å². The van der Waals surface area contributed by atoms with Crippen molar-refractivity contribution in [2.24, 2.45) is 11.7 Å². The van der Waals surface area contributed by atoms with E-state index in [0.29, 0.717) is 6.54 Å². The van der Waals surface area contributed by atoms with Gasteiger partial charge in [-0.3, -0.25) is 0 Å². The molecule has 0 aromatic carbocycles. The summed E-state index contributed by atoms with van der Waals surface area (Å²) in [7, 11) is 3.95. The standard InChI is InChI=1S/C12H26N2O/c1-14(8-7-12(9-13)15-2)10-11-5-3-4-6-11/h11-12H,3-10,13H2,1-2H3. The summed E-state index contributed by atoms with van der Waals surface area (Å²) in [6.07, 6.45) is 7.00. The number of hydrogen-bond donors (Lipinski definition) is 1. The van der Waals surface area contributed by atoms with Crippen LogP contribution in [0.2, 0.25) is 0 Å². The number of rotatable bonds is 7. The third-order valence-electron chi connectivity index (χ3n) is 3.47. The Morgan fingerprint density at radius 1 is 1.40 bits per heavy atom. The highest BCUT2D eigenvalue weighted by Crippen LogP contribution is 2.25. The first-order chi connectivity index (χ1) is 7.26. The number of nitrogens with two attached hydrogens (primary N) is 1. The molecule has 15 heavy (non-hydrogen) atoms. The molecule has 0 aromatic rings. The molecule has 1 saturated carbocycles. The number of ether oxygens (including phenoxy) is 1. The van der Waals surface area contributed by atoms with Crippen LogP contribution >= 0.6 is 0 Å². The van der Waals surface area contributed by atoms with Crippen LogP contribution in [-0.4, -0.2) is 44.8 Å². The van der Waals surface area contributed by atoms with Gasteiger partial charge in [0.05, 0.1) is 6.10 Å². The first kappa shape index (κ1) is 12.9. The molecule has 0 aliphatic heterocycles. The summed E-state index contributed by atoms with van der Waals surface area (Å²) in [4.78, 5) is 2.43. The van der Waals surface area contributed by atoms with E-state index in [2.05, 4.69) is 11.9 Å². The third-order valence-corrected chi connectivity index (χ3v) is 3.47. The van der Waals surface area contributed by atoms with Crippen LogP contribution in [0.3, 0.4) is 0 Å². The van der Waals surface area contributed by atoms with Crippen molar-refractivity contribution in [1.82, 2.24) is 4.90 Å². The predicted molar refractivity (Wildman–Crippen MR) is 63.9 cm³/mol. The van der Waals surface area contributed by atoms with E-state index in [0.717, 1.165) is 18.9 Å². The average Bonchev–Trinajstić information content (AvgIpc) is 2.72. The van der Waals surface area contributed by atoms with Gasteiger partial charge in [0, 0.05) is 26.7 Å². The third kappa shape index (κ3) is 4.96. The smallest absolute Gasteiger partial charge is 0.0705 e. The second-order valence-corrected chi connectivity index (χ2v) is 4.79. The van der Waals surface area contributed by atoms with Gasteiger partial charge in [-0.05, 0) is 32.2 Å². The molecular formula is C12H26N2O. The lowest BCUT2D eigenvalue weighted by molar-refractivity contribution is 0.0908. The molecule has 0 bridgehead atoms. The molecule has 0 heterocycles. The SMILES string of the molecule is COC(CN)CCN(C)CC1CCCC1. The number of nitrogens with zero attached hydrogens (tertiary/aromatic N) is 1. The van der Waals surface area contributed by atoms with E-state index in [4.69, 9.17) is 10.5 Å². The molecule has 3 heteroatoms. The van der Waals surface area contributed by atoms with Crippen LogP contribution in [-0.2, 0) is 4.74 Å². The van der Waals surface area contributed by atoms with Crippen LogP contribution in [0.1, 0.15) is 32.1 Å². The van der Waals surface area contributed by atoms with Crippen LogP contribution in [0.15, 0.2) is 0 Å². The fourth-order valence-electron chi connectivity index (χ4n) is 2.42. The average molecular weight is 214 g/mol. The van der Waals surface area contributed by atoms with Gasteiger partial charge in [0.1, 0.15) is 0 Å². The lowest BCUT2D eigenvalue weighted by Gasteiger charge is -2.22. The maximum atomic E-state index is 5.59. The zero-order chi connectivity index (χ0) is 11.1. The minimum atomic E-state index is 0.232. The van der Waals surface area contributed by atoms with Gasteiger partial charge in [-0.15, -0.1) is 0 Å². The molecule has 0 saturated heterocycles. The molecule has 1 unspecified atom stereocenters. The van der Waals surface area contributed by atoms with E-state index in [1.54, 1.807) is 7.11 Å². The Hall–Kier alpha value is -0.120. The quantitative estimate of drug-likeness (QED) is 0.697. The highest BCUT2D eigenvalue weighted by atomic mass is 16.5. The van der Waals surface area contributed by atoms with Crippen molar-refractivity contribution in [3.05, 3.63) is 0 Å². The topological polar surface area (TPSA) is 38.5 Å². The second kappa shape index (κ2) is 7.20. The summed E-state index contributed by atoms with van der Waals surface area (Å²) >= 11 is 0. The molecule has 0 amide bonds. The summed E-state index contributed by atoms with van der Waals surface area (Å²) in [5, 5.41) is 0. The van der Waals surface area contributed by atoms with Gasteiger partial charge in [0.15, 0.2) is 0 Å². The zero-order valence-electron chi connectivity index (χ0n) is 10.2. The zero-order valence-corrected chi connectivity index (χ0v) is 10.2. The molecule has 1 rings (SSSR count). The van der Waals surface area contributed by atoms with Crippen LogP contribution in [0, 0.1) is 5.92 Å². The van der Waals surface area contributed by atoms with Gasteiger partial charge in [0.2, 0.25) is 0 Å². The van der Waals surface area contributed by atoms with Crippen molar-refractivity contribution < 1.29 is 4.74 Å². The van der Waals surface area contributed by atoms with Crippen LogP contribution in [0.4, 0.5) is 0 Å². The highest BCUT2D eigenvalue weighted by molar-refractivity contribution is 4.71. The summed E-state index contributed by atoms with van der Waals surface area (Å²) in [6, 6.07) is 0. The van der Waals surface area contributed by atoms with Crippen LogP contribution in [0.25, 0.3) is 0 Å². The van der Waals surface area contributed by atoms with Crippen molar-refractivity contribution >= 4 is 0 Å². The lowest BCUT2D eigenvalue weighted by Crippen LogP contribution is -2.31. The molecule has 2 N–H and O–H groups in total. The molecule has 1 aliphatic rings. The Bertz CT molecular complexity index is 154. The predicted octanol–water partition coefficient (Wildman–Crippen LogP) is 1.47. The number of methoxy groups -OCH3 is 1. The number of hydrogen-bond acceptors (Lipinski definition) is 3. The Kier molecular flexibility index (Phi) is 6.22. The summed E-state index contributed by atoms with van der Waals surface area (Å²) in [6.45, 7) is 2.99. The van der Waals surface area contributed by atoms with Gasteiger partial charge >= 0.3 is 0 Å². The minimum absolute atomic E-state index is 0.232. The highest BCUT2D eigenvalue weighted by Gasteiger charge is 2.17. The van der Waals surface area contributed by atoms with E-state index < -0.39 is 0 Å². The van der Waals surface area contributed by atoms with Crippen LogP contribution in [0.5, 0.6) is 0 Å². The monoisotopic (exact) mass is 214 g/mol. The Morgan fingerprint density at radius 3 is 2.60 bits per heavy atom. The van der Waals surface area contributed by atoms with Crippen molar-refractivity contribution in [2.45, 2.75) is 38.2 Å². The Balaban J connectivity index is 2.09. The molecule has 1 fully saturated rings. The molecule has 0 aromatic heterocycles. The molecular weight excluding hydrogens is 188 g/mol. The summed E-state index contributed by atoms with van der Waals surface area (Å²) in [5.74, 6) is 0.939. The van der Waals surface area contributed by atoms with E-state index in [1.165, 1.54) is 32.2 Å². The fourth-order valence-corrected chi connectivity index (χ4v) is 2.42. The Morgan fingerprint density at radius 2 is 2.07 bits per heavy atom. The van der Waals surface area contributed by atoms with Crippen LogP contribution < -0.4 is 5.73 Å². The Labute approximate surface area is 94.0 Å². The van der Waals surface area contributed by atoms with Crippen molar-refractivity contribution in [1.29, 1.82) is 0 Å². The van der Waals surface area contributed by atoms with Crippen molar-refractivity contribution in [2.75, 3.05) is 33.8 Å². The first-order valence-corrected chi connectivity index (χ1v) is 6.17. The lowest BCUT2D eigenvalue weighted by atomic mass is 10.1. The first-order valence-electron chi connectivity index (χ1n) is 6.17. The summed E-state index contributed by atoms with van der Waals surface area (Å²) in [5.41, 5.74) is 5.59. The maximum Gasteiger partial charge on any atom is 0.0705 e. The van der Waals surface area contributed by atoms with E-state index in [1.807, 2.05) is 0 Å². The van der Waals surface area contributed by atoms with Crippen molar-refractivity contribution in [3.8, 4) is 0 Å². The summed E-state index contributed by atoms with van der Waals surface area (Å²) < 4.78 is 5.27. The van der Waals surface area contributed by atoms with E-state index in [-0.39, 0.29) is 6.10 Å². The van der Waals surface area contributed by atoms with Gasteiger partial charge in [0.25, 0.3) is 0 Å². The second-order valence-electron chi connectivity index (χ2n) is 4.79. The molecule has 0 spiro atoms. The van der Waals surface area contributed by atoms with Crippen molar-refractivity contribution in [3.63, 3.8) is 0 Å². The molecule has 1 atom stereocenters. The van der Waals surface area contributed by atoms with E-state index >= 15 is 0 Å². The van der Waals surface area contributed by atoms with Gasteiger partial charge in [-0.25, -0.2) is 0 Å². The molecule has 1 aliphatic carbocycles. The minimum Gasteiger partial charge on any atom is -0.380 e. The molecule has 0 radical (unpaired) electrons. The van der Waals surface area contributed by atoms with Gasteiger partial charge < -0.3 is 15.4 Å². The largest absolute Gasteiger partial charge is 0.380 e. The molecule has 3 nitrogen and oxygen atoms in total. The normalized spacial score (nSPS) is 20.0.